The summed E-state index contributed by atoms with van der Waals surface area (Å²) in [4.78, 5) is 16.4. The number of hydrogen-bond donors (Lipinski definition) is 3. The van der Waals surface area contributed by atoms with E-state index in [0.717, 1.165) is 40.5 Å². The first-order chi connectivity index (χ1) is 12.6. The van der Waals surface area contributed by atoms with Crippen molar-refractivity contribution in [3.63, 3.8) is 0 Å². The number of nitrogens with one attached hydrogen (secondary N) is 2. The van der Waals surface area contributed by atoms with Crippen molar-refractivity contribution in [2.45, 2.75) is 12.8 Å². The van der Waals surface area contributed by atoms with Crippen molar-refractivity contribution in [2.75, 3.05) is 11.1 Å². The first-order valence-electron chi connectivity index (χ1n) is 8.31. The van der Waals surface area contributed by atoms with E-state index in [1.165, 1.54) is 0 Å². The lowest BCUT2D eigenvalue weighted by Gasteiger charge is -2.10. The van der Waals surface area contributed by atoms with E-state index in [9.17, 15) is 4.79 Å². The van der Waals surface area contributed by atoms with Crippen molar-refractivity contribution >= 4 is 45.6 Å². The van der Waals surface area contributed by atoms with Crippen molar-refractivity contribution in [1.82, 2.24) is 19.6 Å². The van der Waals surface area contributed by atoms with Crippen molar-refractivity contribution in [1.29, 1.82) is 0 Å². The van der Waals surface area contributed by atoms with Gasteiger partial charge in [-0.25, -0.2) is 4.98 Å². The highest BCUT2D eigenvalue weighted by molar-refractivity contribution is 6.35. The van der Waals surface area contributed by atoms with Crippen molar-refractivity contribution in [3.8, 4) is 11.1 Å². The van der Waals surface area contributed by atoms with Crippen LogP contribution in [0.3, 0.4) is 0 Å². The molecule has 1 aliphatic rings. The summed E-state index contributed by atoms with van der Waals surface area (Å²) in [5, 5.41) is 11.2. The number of aromatic nitrogens is 4. The zero-order valence-corrected chi connectivity index (χ0v) is 14.4. The minimum Gasteiger partial charge on any atom is -0.397 e. The number of pyridine rings is 1. The van der Waals surface area contributed by atoms with Crippen LogP contribution in [0.15, 0.2) is 36.8 Å². The van der Waals surface area contributed by atoms with Gasteiger partial charge in [0.05, 0.1) is 28.6 Å². The maximum atomic E-state index is 11.9. The molecule has 1 aliphatic carbocycles. The second-order valence-electron chi connectivity index (χ2n) is 6.55. The molecule has 0 aliphatic heterocycles. The number of amides is 1. The summed E-state index contributed by atoms with van der Waals surface area (Å²) < 4.78 is 1.87. The Balaban J connectivity index is 1.60. The lowest BCUT2D eigenvalue weighted by atomic mass is 10.0. The summed E-state index contributed by atoms with van der Waals surface area (Å²) in [6, 6.07) is 5.58. The van der Waals surface area contributed by atoms with Crippen LogP contribution in [-0.2, 0) is 4.79 Å². The van der Waals surface area contributed by atoms with Gasteiger partial charge < -0.3 is 15.5 Å². The Morgan fingerprint density at radius 2 is 2.19 bits per heavy atom. The largest absolute Gasteiger partial charge is 0.397 e. The van der Waals surface area contributed by atoms with Crippen LogP contribution in [0.2, 0.25) is 5.02 Å². The third-order valence-electron chi connectivity index (χ3n) is 4.67. The van der Waals surface area contributed by atoms with Gasteiger partial charge in [-0.2, -0.15) is 5.10 Å². The molecule has 4 N–H and O–H groups in total. The molecule has 8 heteroatoms. The van der Waals surface area contributed by atoms with E-state index < -0.39 is 0 Å². The van der Waals surface area contributed by atoms with Gasteiger partial charge in [0, 0.05) is 28.6 Å². The molecular weight excluding hydrogens is 352 g/mol. The lowest BCUT2D eigenvalue weighted by molar-refractivity contribution is -0.117. The van der Waals surface area contributed by atoms with Gasteiger partial charge in [0.25, 0.3) is 0 Å². The Labute approximate surface area is 153 Å². The molecule has 1 fully saturated rings. The van der Waals surface area contributed by atoms with Gasteiger partial charge in [0.15, 0.2) is 5.82 Å². The fourth-order valence-corrected chi connectivity index (χ4v) is 3.36. The maximum Gasteiger partial charge on any atom is 0.228 e. The monoisotopic (exact) mass is 366 g/mol. The Hall–Kier alpha value is -3.06. The number of imidazole rings is 1. The fourth-order valence-electron chi connectivity index (χ4n) is 3.16. The molecular formula is C18H15ClN6O. The molecule has 5 rings (SSSR count). The third kappa shape index (κ3) is 2.40. The molecule has 1 amide bonds. The Morgan fingerprint density at radius 1 is 1.35 bits per heavy atom. The summed E-state index contributed by atoms with van der Waals surface area (Å²) in [6.45, 7) is 0. The zero-order chi connectivity index (χ0) is 17.8. The van der Waals surface area contributed by atoms with Crippen LogP contribution in [0.4, 0.5) is 11.5 Å². The van der Waals surface area contributed by atoms with E-state index in [-0.39, 0.29) is 11.8 Å². The van der Waals surface area contributed by atoms with Crippen molar-refractivity contribution in [2.24, 2.45) is 5.92 Å². The SMILES string of the molecule is Nc1c(Cl)cc2[nH]ncc2c1-c1ccc2nc(NC(=O)C3CC3)cn2c1. The van der Waals surface area contributed by atoms with Crippen LogP contribution in [0.25, 0.3) is 27.7 Å². The highest BCUT2D eigenvalue weighted by Gasteiger charge is 2.30. The number of hydrogen-bond acceptors (Lipinski definition) is 4. The minimum absolute atomic E-state index is 0.0350. The second kappa shape index (κ2) is 5.47. The number of carbonyl (C=O) groups is 1. The van der Waals surface area contributed by atoms with E-state index in [0.29, 0.717) is 16.5 Å². The number of anilines is 2. The van der Waals surface area contributed by atoms with Crippen LogP contribution >= 0.6 is 11.6 Å². The van der Waals surface area contributed by atoms with Gasteiger partial charge >= 0.3 is 0 Å². The van der Waals surface area contributed by atoms with Crippen LogP contribution < -0.4 is 11.1 Å². The number of aromatic amines is 1. The Morgan fingerprint density at radius 3 is 3.00 bits per heavy atom. The van der Waals surface area contributed by atoms with Crippen LogP contribution in [0.5, 0.6) is 0 Å². The highest BCUT2D eigenvalue weighted by Crippen LogP contribution is 2.38. The molecule has 26 heavy (non-hydrogen) atoms. The predicted octanol–water partition coefficient (Wildman–Crippen LogP) is 3.46. The molecule has 4 aromatic rings. The number of nitrogen functional groups attached to an aromatic ring is 1. The summed E-state index contributed by atoms with van der Waals surface area (Å²) in [5.41, 5.74) is 10.0. The number of fused-ring (bicyclic) bond motifs is 2. The van der Waals surface area contributed by atoms with E-state index in [1.54, 1.807) is 18.5 Å². The number of benzene rings is 1. The summed E-state index contributed by atoms with van der Waals surface area (Å²) in [7, 11) is 0. The summed E-state index contributed by atoms with van der Waals surface area (Å²) >= 11 is 6.28. The molecule has 0 atom stereocenters. The fraction of sp³-hybridized carbons (Fsp3) is 0.167. The number of halogens is 1. The Kier molecular flexibility index (Phi) is 3.20. The number of carbonyl (C=O) groups excluding carboxylic acids is 1. The summed E-state index contributed by atoms with van der Waals surface area (Å²) in [5.74, 6) is 0.718. The maximum absolute atomic E-state index is 11.9. The topological polar surface area (TPSA) is 101 Å². The van der Waals surface area contributed by atoms with Gasteiger partial charge in [-0.15, -0.1) is 0 Å². The zero-order valence-electron chi connectivity index (χ0n) is 13.7. The van der Waals surface area contributed by atoms with Gasteiger partial charge in [0.1, 0.15) is 5.65 Å². The average molecular weight is 367 g/mol. The molecule has 0 bridgehead atoms. The molecule has 130 valence electrons. The molecule has 1 aromatic carbocycles. The molecule has 0 radical (unpaired) electrons. The third-order valence-corrected chi connectivity index (χ3v) is 4.99. The number of rotatable bonds is 3. The number of H-pyrrole nitrogens is 1. The van der Waals surface area contributed by atoms with E-state index >= 15 is 0 Å². The first-order valence-corrected chi connectivity index (χ1v) is 8.69. The Bertz CT molecular complexity index is 1170. The molecule has 1 saturated carbocycles. The van der Waals surface area contributed by atoms with Crippen molar-refractivity contribution in [3.05, 3.63) is 41.8 Å². The average Bonchev–Trinajstić information content (AvgIpc) is 3.25. The lowest BCUT2D eigenvalue weighted by Crippen LogP contribution is -2.13. The standard InChI is InChI=1S/C18H15ClN6O/c19-12-5-13-11(6-21-24-13)16(17(12)20)10-3-4-15-22-14(8-25(15)7-10)23-18(26)9-1-2-9/h3-9H,1-2,20H2,(H,21,24)(H,23,26). The molecule has 0 unspecified atom stereocenters. The van der Waals surface area contributed by atoms with Gasteiger partial charge in [0.2, 0.25) is 5.91 Å². The van der Waals surface area contributed by atoms with Crippen LogP contribution in [0.1, 0.15) is 12.8 Å². The molecule has 3 aromatic heterocycles. The molecule has 0 saturated heterocycles. The first kappa shape index (κ1) is 15.2. The van der Waals surface area contributed by atoms with E-state index in [1.807, 2.05) is 22.7 Å². The van der Waals surface area contributed by atoms with Gasteiger partial charge in [-0.05, 0) is 31.0 Å². The quantitative estimate of drug-likeness (QED) is 0.483. The van der Waals surface area contributed by atoms with Crippen molar-refractivity contribution < 1.29 is 4.79 Å². The van der Waals surface area contributed by atoms with Gasteiger partial charge in [-0.3, -0.25) is 9.89 Å². The number of nitrogens with two attached hydrogens (primary N) is 1. The molecule has 7 nitrogen and oxygen atoms in total. The predicted molar refractivity (Wildman–Crippen MR) is 101 cm³/mol. The second-order valence-corrected chi connectivity index (χ2v) is 6.96. The highest BCUT2D eigenvalue weighted by atomic mass is 35.5. The molecule has 3 heterocycles. The smallest absolute Gasteiger partial charge is 0.228 e. The van der Waals surface area contributed by atoms with Gasteiger partial charge in [-0.1, -0.05) is 11.6 Å². The normalized spacial score (nSPS) is 14.2. The van der Waals surface area contributed by atoms with Crippen LogP contribution in [0, 0.1) is 5.92 Å². The van der Waals surface area contributed by atoms with E-state index in [4.69, 9.17) is 17.3 Å². The van der Waals surface area contributed by atoms with Crippen LogP contribution in [-0.4, -0.2) is 25.5 Å². The number of nitrogens with zero attached hydrogens (tertiary/aromatic N) is 3. The van der Waals surface area contributed by atoms with E-state index in [2.05, 4.69) is 20.5 Å². The molecule has 0 spiro atoms. The summed E-state index contributed by atoms with van der Waals surface area (Å²) in [6.07, 6.45) is 7.36. The minimum atomic E-state index is 0.0350.